The van der Waals surface area contributed by atoms with Gasteiger partial charge in [0.25, 0.3) is 0 Å². The predicted octanol–water partition coefficient (Wildman–Crippen LogP) is 4.16. The first kappa shape index (κ1) is 14.8. The van der Waals surface area contributed by atoms with Crippen LogP contribution in [-0.4, -0.2) is 18.9 Å². The Balaban J connectivity index is 1.73. The van der Waals surface area contributed by atoms with Crippen molar-refractivity contribution in [1.29, 1.82) is 0 Å². The average Bonchev–Trinajstić information content (AvgIpc) is 2.46. The van der Waals surface area contributed by atoms with Gasteiger partial charge in [0.1, 0.15) is 0 Å². The summed E-state index contributed by atoms with van der Waals surface area (Å²) in [7, 11) is 0. The monoisotopic (exact) mass is 285 g/mol. The Hall–Kier alpha value is -1.15. The maximum atomic E-state index is 12.9. The van der Waals surface area contributed by atoms with Crippen molar-refractivity contribution in [3.63, 3.8) is 0 Å². The summed E-state index contributed by atoms with van der Waals surface area (Å²) in [5.74, 6) is 1.49. The molecule has 0 radical (unpaired) electrons. The van der Waals surface area contributed by atoms with E-state index in [-0.39, 0.29) is 5.41 Å². The molecule has 1 unspecified atom stereocenters. The van der Waals surface area contributed by atoms with E-state index in [1.54, 1.807) is 0 Å². The SMILES string of the molecule is CC(C)(C(=O)c1ccc(C2CCC2)cc1)C1CCCNC1. The molecule has 0 aromatic heterocycles. The molecule has 1 saturated carbocycles. The van der Waals surface area contributed by atoms with Gasteiger partial charge in [0, 0.05) is 11.0 Å². The summed E-state index contributed by atoms with van der Waals surface area (Å²) in [5, 5.41) is 3.43. The Kier molecular flexibility index (Phi) is 4.17. The lowest BCUT2D eigenvalue weighted by Gasteiger charge is -2.36. The summed E-state index contributed by atoms with van der Waals surface area (Å²) >= 11 is 0. The fourth-order valence-corrected chi connectivity index (χ4v) is 3.67. The van der Waals surface area contributed by atoms with Crippen LogP contribution in [0.2, 0.25) is 0 Å². The molecule has 1 saturated heterocycles. The van der Waals surface area contributed by atoms with E-state index in [0.29, 0.717) is 11.7 Å². The van der Waals surface area contributed by atoms with Crippen molar-refractivity contribution in [2.75, 3.05) is 13.1 Å². The number of piperidine rings is 1. The fraction of sp³-hybridized carbons (Fsp3) is 0.632. The van der Waals surface area contributed by atoms with Gasteiger partial charge in [0.05, 0.1) is 0 Å². The zero-order valence-corrected chi connectivity index (χ0v) is 13.3. The molecule has 1 N–H and O–H groups in total. The number of nitrogens with one attached hydrogen (secondary N) is 1. The zero-order chi connectivity index (χ0) is 14.9. The summed E-state index contributed by atoms with van der Waals surface area (Å²) < 4.78 is 0. The van der Waals surface area contributed by atoms with Crippen molar-refractivity contribution in [3.05, 3.63) is 35.4 Å². The highest BCUT2D eigenvalue weighted by Gasteiger charge is 2.37. The van der Waals surface area contributed by atoms with Crippen LogP contribution < -0.4 is 5.32 Å². The van der Waals surface area contributed by atoms with Crippen molar-refractivity contribution >= 4 is 5.78 Å². The van der Waals surface area contributed by atoms with Gasteiger partial charge in [0.2, 0.25) is 0 Å². The molecule has 1 aromatic carbocycles. The minimum absolute atomic E-state index is 0.272. The second-order valence-electron chi connectivity index (χ2n) is 7.34. The maximum absolute atomic E-state index is 12.9. The van der Waals surface area contributed by atoms with Gasteiger partial charge in [-0.15, -0.1) is 0 Å². The Morgan fingerprint density at radius 2 is 1.81 bits per heavy atom. The number of benzene rings is 1. The Morgan fingerprint density at radius 3 is 2.33 bits per heavy atom. The molecule has 1 aromatic rings. The van der Waals surface area contributed by atoms with Crippen LogP contribution in [0, 0.1) is 11.3 Å². The Labute approximate surface area is 128 Å². The third kappa shape index (κ3) is 2.91. The molecule has 0 bridgehead atoms. The molecule has 114 valence electrons. The summed E-state index contributed by atoms with van der Waals surface area (Å²) in [6.45, 7) is 6.30. The van der Waals surface area contributed by atoms with Crippen molar-refractivity contribution < 1.29 is 4.79 Å². The van der Waals surface area contributed by atoms with E-state index in [4.69, 9.17) is 0 Å². The summed E-state index contributed by atoms with van der Waals surface area (Å²) in [6.07, 6.45) is 6.32. The molecular weight excluding hydrogens is 258 g/mol. The summed E-state index contributed by atoms with van der Waals surface area (Å²) in [4.78, 5) is 12.9. The van der Waals surface area contributed by atoms with Crippen molar-refractivity contribution in [1.82, 2.24) is 5.32 Å². The molecule has 1 aliphatic heterocycles. The average molecular weight is 285 g/mol. The standard InChI is InChI=1S/C19H27NO/c1-19(2,17-7-4-12-20-13-17)18(21)16-10-8-15(9-11-16)14-5-3-6-14/h8-11,14,17,20H,3-7,12-13H2,1-2H3. The number of hydrogen-bond donors (Lipinski definition) is 1. The number of rotatable bonds is 4. The highest BCUT2D eigenvalue weighted by atomic mass is 16.1. The van der Waals surface area contributed by atoms with Crippen LogP contribution in [0.4, 0.5) is 0 Å². The van der Waals surface area contributed by atoms with Gasteiger partial charge in [-0.25, -0.2) is 0 Å². The van der Waals surface area contributed by atoms with Crippen LogP contribution in [0.25, 0.3) is 0 Å². The molecule has 2 heteroatoms. The van der Waals surface area contributed by atoms with Gasteiger partial charge in [-0.3, -0.25) is 4.79 Å². The lowest BCUT2D eigenvalue weighted by molar-refractivity contribution is 0.0708. The quantitative estimate of drug-likeness (QED) is 0.842. The van der Waals surface area contributed by atoms with E-state index in [0.717, 1.165) is 31.0 Å². The summed E-state index contributed by atoms with van der Waals surface area (Å²) in [6, 6.07) is 8.44. The van der Waals surface area contributed by atoms with Gasteiger partial charge >= 0.3 is 0 Å². The summed E-state index contributed by atoms with van der Waals surface area (Å²) in [5.41, 5.74) is 2.02. The van der Waals surface area contributed by atoms with Gasteiger partial charge < -0.3 is 5.32 Å². The molecule has 2 fully saturated rings. The third-order valence-electron chi connectivity index (χ3n) is 5.65. The predicted molar refractivity (Wildman–Crippen MR) is 86.7 cm³/mol. The van der Waals surface area contributed by atoms with Gasteiger partial charge in [-0.1, -0.05) is 44.5 Å². The molecule has 2 aliphatic rings. The molecular formula is C19H27NO. The number of Topliss-reactive ketones (excluding diaryl/α,β-unsaturated/α-hetero) is 1. The van der Waals surface area contributed by atoms with Gasteiger partial charge in [-0.05, 0) is 56.2 Å². The molecule has 0 amide bonds. The van der Waals surface area contributed by atoms with E-state index in [9.17, 15) is 4.79 Å². The third-order valence-corrected chi connectivity index (χ3v) is 5.65. The number of ketones is 1. The number of hydrogen-bond acceptors (Lipinski definition) is 2. The zero-order valence-electron chi connectivity index (χ0n) is 13.3. The molecule has 21 heavy (non-hydrogen) atoms. The first-order valence-electron chi connectivity index (χ1n) is 8.44. The fourth-order valence-electron chi connectivity index (χ4n) is 3.67. The Bertz CT molecular complexity index is 493. The minimum Gasteiger partial charge on any atom is -0.316 e. The van der Waals surface area contributed by atoms with Crippen LogP contribution in [0.5, 0.6) is 0 Å². The van der Waals surface area contributed by atoms with Gasteiger partial charge in [0.15, 0.2) is 5.78 Å². The second kappa shape index (κ2) is 5.92. The Morgan fingerprint density at radius 1 is 1.10 bits per heavy atom. The number of carbonyl (C=O) groups is 1. The van der Waals surface area contributed by atoms with Crippen molar-refractivity contribution in [3.8, 4) is 0 Å². The van der Waals surface area contributed by atoms with Gasteiger partial charge in [-0.2, -0.15) is 0 Å². The first-order valence-corrected chi connectivity index (χ1v) is 8.44. The van der Waals surface area contributed by atoms with Crippen LogP contribution in [0.3, 0.4) is 0 Å². The van der Waals surface area contributed by atoms with Crippen molar-refractivity contribution in [2.24, 2.45) is 11.3 Å². The highest BCUT2D eigenvalue weighted by molar-refractivity contribution is 6.00. The maximum Gasteiger partial charge on any atom is 0.168 e. The minimum atomic E-state index is -0.272. The van der Waals surface area contributed by atoms with Crippen LogP contribution >= 0.6 is 0 Å². The first-order chi connectivity index (χ1) is 10.1. The lowest BCUT2D eigenvalue weighted by atomic mass is 9.70. The van der Waals surface area contributed by atoms with Crippen molar-refractivity contribution in [2.45, 2.75) is 51.9 Å². The number of carbonyl (C=O) groups excluding carboxylic acids is 1. The van der Waals surface area contributed by atoms with Crippen LogP contribution in [0.1, 0.15) is 67.8 Å². The van der Waals surface area contributed by atoms with E-state index in [2.05, 4.69) is 31.3 Å². The van der Waals surface area contributed by atoms with E-state index >= 15 is 0 Å². The smallest absolute Gasteiger partial charge is 0.168 e. The molecule has 0 spiro atoms. The second-order valence-corrected chi connectivity index (χ2v) is 7.34. The normalized spacial score (nSPS) is 23.6. The van der Waals surface area contributed by atoms with E-state index in [1.807, 2.05) is 12.1 Å². The van der Waals surface area contributed by atoms with Crippen LogP contribution in [0.15, 0.2) is 24.3 Å². The molecule has 1 atom stereocenters. The van der Waals surface area contributed by atoms with Crippen LogP contribution in [-0.2, 0) is 0 Å². The molecule has 1 heterocycles. The molecule has 1 aliphatic carbocycles. The topological polar surface area (TPSA) is 29.1 Å². The molecule has 2 nitrogen and oxygen atoms in total. The lowest BCUT2D eigenvalue weighted by Crippen LogP contribution is -2.42. The van der Waals surface area contributed by atoms with E-state index in [1.165, 1.54) is 31.2 Å². The molecule has 3 rings (SSSR count). The highest BCUT2D eigenvalue weighted by Crippen LogP contribution is 2.38. The largest absolute Gasteiger partial charge is 0.316 e. The van der Waals surface area contributed by atoms with E-state index < -0.39 is 0 Å².